The van der Waals surface area contributed by atoms with E-state index < -0.39 is 0 Å². The topological polar surface area (TPSA) is 52.0 Å². The van der Waals surface area contributed by atoms with E-state index in [1.807, 2.05) is 19.3 Å². The van der Waals surface area contributed by atoms with Gasteiger partial charge < -0.3 is 5.32 Å². The lowest BCUT2D eigenvalue weighted by atomic mass is 10.1. The van der Waals surface area contributed by atoms with Gasteiger partial charge in [0.15, 0.2) is 5.69 Å². The zero-order valence-electron chi connectivity index (χ0n) is 14.4. The predicted octanol–water partition coefficient (Wildman–Crippen LogP) is 4.13. The summed E-state index contributed by atoms with van der Waals surface area (Å²) in [5.74, 6) is 0. The van der Waals surface area contributed by atoms with E-state index in [1.54, 1.807) is 16.0 Å². The Morgan fingerprint density at radius 1 is 1.15 bits per heavy atom. The average Bonchev–Trinajstić information content (AvgIpc) is 3.32. The molecule has 4 aromatic rings. The second-order valence-electron chi connectivity index (χ2n) is 6.80. The summed E-state index contributed by atoms with van der Waals surface area (Å²) in [6.07, 6.45) is 6.40. The first-order chi connectivity index (χ1) is 12.7. The third kappa shape index (κ3) is 2.50. The van der Waals surface area contributed by atoms with Crippen molar-refractivity contribution in [2.24, 2.45) is 7.05 Å². The second kappa shape index (κ2) is 5.94. The molecule has 6 nitrogen and oxygen atoms in total. The summed E-state index contributed by atoms with van der Waals surface area (Å²) in [4.78, 5) is 5.86. The van der Waals surface area contributed by atoms with Crippen LogP contribution in [0.3, 0.4) is 0 Å². The SMILES string of the molecule is [C-]#[N+]c1cc2nn(C)cc2cc1-c1cc2cn(C3CCNCC3)nc2s1. The number of rotatable bonds is 2. The zero-order valence-corrected chi connectivity index (χ0v) is 15.3. The number of aromatic nitrogens is 4. The zero-order chi connectivity index (χ0) is 17.7. The maximum atomic E-state index is 7.55. The Morgan fingerprint density at radius 3 is 2.77 bits per heavy atom. The van der Waals surface area contributed by atoms with E-state index in [0.717, 1.165) is 57.5 Å². The standard InChI is InChI=1S/C19H18N6S/c1-20-17-9-16-12(10-24(2)22-16)7-15(17)18-8-13-11-25(23-19(13)26-18)14-3-5-21-6-4-14/h7-11,14,21H,3-6H2,2H3. The molecular weight excluding hydrogens is 344 g/mol. The van der Waals surface area contributed by atoms with Crippen LogP contribution in [0.2, 0.25) is 0 Å². The number of hydrogen-bond donors (Lipinski definition) is 1. The predicted molar refractivity (Wildman–Crippen MR) is 105 cm³/mol. The summed E-state index contributed by atoms with van der Waals surface area (Å²) in [6.45, 7) is 9.67. The van der Waals surface area contributed by atoms with Gasteiger partial charge in [-0.1, -0.05) is 6.07 Å². The molecule has 0 amide bonds. The molecule has 0 radical (unpaired) electrons. The van der Waals surface area contributed by atoms with Crippen molar-refractivity contribution in [2.45, 2.75) is 18.9 Å². The van der Waals surface area contributed by atoms with Crippen LogP contribution >= 0.6 is 11.3 Å². The largest absolute Gasteiger partial charge is 0.317 e. The quantitative estimate of drug-likeness (QED) is 0.546. The van der Waals surface area contributed by atoms with Gasteiger partial charge in [0, 0.05) is 35.1 Å². The molecule has 1 N–H and O–H groups in total. The molecule has 1 aliphatic heterocycles. The molecule has 0 bridgehead atoms. The maximum Gasteiger partial charge on any atom is 0.197 e. The highest BCUT2D eigenvalue weighted by molar-refractivity contribution is 7.21. The first kappa shape index (κ1) is 15.6. The van der Waals surface area contributed by atoms with Crippen LogP contribution in [0, 0.1) is 6.57 Å². The van der Waals surface area contributed by atoms with Gasteiger partial charge in [-0.2, -0.15) is 10.2 Å². The van der Waals surface area contributed by atoms with Crippen LogP contribution in [0.15, 0.2) is 30.6 Å². The first-order valence-electron chi connectivity index (χ1n) is 8.76. The van der Waals surface area contributed by atoms with Gasteiger partial charge in [-0.15, -0.1) is 11.3 Å². The minimum absolute atomic E-state index is 0.491. The summed E-state index contributed by atoms with van der Waals surface area (Å²) in [7, 11) is 1.90. The minimum Gasteiger partial charge on any atom is -0.317 e. The van der Waals surface area contributed by atoms with Gasteiger partial charge >= 0.3 is 0 Å². The third-order valence-corrected chi connectivity index (χ3v) is 6.09. The maximum absolute atomic E-state index is 7.55. The lowest BCUT2D eigenvalue weighted by Gasteiger charge is -2.22. The van der Waals surface area contributed by atoms with Gasteiger partial charge in [0.2, 0.25) is 0 Å². The molecule has 1 saturated heterocycles. The number of piperidine rings is 1. The average molecular weight is 362 g/mol. The molecule has 3 aromatic heterocycles. The fourth-order valence-electron chi connectivity index (χ4n) is 3.71. The number of thiophene rings is 1. The smallest absolute Gasteiger partial charge is 0.197 e. The highest BCUT2D eigenvalue weighted by Gasteiger charge is 2.18. The summed E-state index contributed by atoms with van der Waals surface area (Å²) in [6, 6.07) is 6.60. The Morgan fingerprint density at radius 2 is 2.00 bits per heavy atom. The van der Waals surface area contributed by atoms with Crippen molar-refractivity contribution in [1.29, 1.82) is 0 Å². The molecule has 0 unspecified atom stereocenters. The van der Waals surface area contributed by atoms with E-state index in [0.29, 0.717) is 11.7 Å². The number of fused-ring (bicyclic) bond motifs is 2. The van der Waals surface area contributed by atoms with Crippen LogP contribution in [0.1, 0.15) is 18.9 Å². The Kier molecular flexibility index (Phi) is 3.55. The Labute approximate surface area is 154 Å². The molecule has 130 valence electrons. The van der Waals surface area contributed by atoms with Crippen molar-refractivity contribution in [1.82, 2.24) is 24.9 Å². The van der Waals surface area contributed by atoms with Crippen LogP contribution in [0.25, 0.3) is 36.4 Å². The lowest BCUT2D eigenvalue weighted by molar-refractivity contribution is 0.345. The van der Waals surface area contributed by atoms with E-state index in [9.17, 15) is 0 Å². The first-order valence-corrected chi connectivity index (χ1v) is 9.57. The van der Waals surface area contributed by atoms with E-state index in [-0.39, 0.29) is 0 Å². The van der Waals surface area contributed by atoms with Crippen molar-refractivity contribution in [3.63, 3.8) is 0 Å². The van der Waals surface area contributed by atoms with Crippen LogP contribution < -0.4 is 5.32 Å². The minimum atomic E-state index is 0.491. The molecule has 5 rings (SSSR count). The molecule has 7 heteroatoms. The van der Waals surface area contributed by atoms with Crippen LogP contribution in [-0.4, -0.2) is 32.7 Å². The van der Waals surface area contributed by atoms with Crippen LogP contribution in [0.4, 0.5) is 5.69 Å². The van der Waals surface area contributed by atoms with Gasteiger partial charge in [-0.25, -0.2) is 4.85 Å². The fourth-order valence-corrected chi connectivity index (χ4v) is 4.74. The van der Waals surface area contributed by atoms with Gasteiger partial charge in [-0.05, 0) is 43.6 Å². The molecule has 0 spiro atoms. The third-order valence-electron chi connectivity index (χ3n) is 5.02. The molecule has 1 aromatic carbocycles. The van der Waals surface area contributed by atoms with Gasteiger partial charge in [0.05, 0.1) is 18.1 Å². The lowest BCUT2D eigenvalue weighted by Crippen LogP contribution is -2.29. The highest BCUT2D eigenvalue weighted by atomic mass is 32.1. The fraction of sp³-hybridized carbons (Fsp3) is 0.316. The molecule has 4 heterocycles. The van der Waals surface area contributed by atoms with E-state index in [2.05, 4.69) is 38.3 Å². The molecule has 0 saturated carbocycles. The van der Waals surface area contributed by atoms with Crippen molar-refractivity contribution < 1.29 is 0 Å². The van der Waals surface area contributed by atoms with Crippen molar-refractivity contribution in [2.75, 3.05) is 13.1 Å². The van der Waals surface area contributed by atoms with Crippen LogP contribution in [0.5, 0.6) is 0 Å². The summed E-state index contributed by atoms with van der Waals surface area (Å²) in [5.41, 5.74) is 2.47. The number of benzene rings is 1. The molecule has 26 heavy (non-hydrogen) atoms. The van der Waals surface area contributed by atoms with Gasteiger partial charge in [0.25, 0.3) is 0 Å². The Bertz CT molecular complexity index is 1120. The van der Waals surface area contributed by atoms with E-state index >= 15 is 0 Å². The van der Waals surface area contributed by atoms with Crippen molar-refractivity contribution in [3.8, 4) is 10.4 Å². The summed E-state index contributed by atoms with van der Waals surface area (Å²) < 4.78 is 3.92. The van der Waals surface area contributed by atoms with Crippen LogP contribution in [-0.2, 0) is 7.05 Å². The number of aryl methyl sites for hydroxylation is 1. The summed E-state index contributed by atoms with van der Waals surface area (Å²) in [5, 5.41) is 14.8. The van der Waals surface area contributed by atoms with Crippen molar-refractivity contribution >= 4 is 38.1 Å². The van der Waals surface area contributed by atoms with E-state index in [4.69, 9.17) is 11.7 Å². The number of nitrogens with one attached hydrogen (secondary N) is 1. The number of hydrogen-bond acceptors (Lipinski definition) is 4. The normalized spacial score (nSPS) is 15.7. The Hall–Kier alpha value is -2.69. The second-order valence-corrected chi connectivity index (χ2v) is 7.83. The number of nitrogens with zero attached hydrogens (tertiary/aromatic N) is 5. The van der Waals surface area contributed by atoms with Crippen molar-refractivity contribution in [3.05, 3.63) is 42.0 Å². The Balaban J connectivity index is 1.57. The van der Waals surface area contributed by atoms with E-state index in [1.165, 1.54) is 0 Å². The molecule has 1 aliphatic rings. The molecular formula is C19H18N6S. The van der Waals surface area contributed by atoms with Gasteiger partial charge in [-0.3, -0.25) is 9.36 Å². The summed E-state index contributed by atoms with van der Waals surface area (Å²) >= 11 is 1.66. The molecule has 0 atom stereocenters. The monoisotopic (exact) mass is 362 g/mol. The van der Waals surface area contributed by atoms with Gasteiger partial charge in [0.1, 0.15) is 4.83 Å². The molecule has 0 aliphatic carbocycles. The highest BCUT2D eigenvalue weighted by Crippen LogP contribution is 2.40. The molecule has 1 fully saturated rings.